The monoisotopic (exact) mass is 541 g/mol. The number of hydrogen-bond acceptors (Lipinski definition) is 7. The molecule has 34 heavy (non-hydrogen) atoms. The van der Waals surface area contributed by atoms with Gasteiger partial charge < -0.3 is 14.8 Å². The van der Waals surface area contributed by atoms with Gasteiger partial charge in [0, 0.05) is 6.54 Å². The molecule has 1 aliphatic rings. The van der Waals surface area contributed by atoms with E-state index in [0.717, 1.165) is 0 Å². The number of ether oxygens (including phenoxy) is 2. The summed E-state index contributed by atoms with van der Waals surface area (Å²) < 4.78 is 8.73. The quantitative estimate of drug-likeness (QED) is 0.248. The van der Waals surface area contributed by atoms with Crippen LogP contribution in [0.5, 0.6) is 0 Å². The van der Waals surface area contributed by atoms with E-state index >= 15 is 0 Å². The number of halogens is 3. The molecule has 1 heterocycles. The maximum absolute atomic E-state index is 12.9. The van der Waals surface area contributed by atoms with Gasteiger partial charge in [0.2, 0.25) is 3.79 Å². The first-order chi connectivity index (χ1) is 15.6. The van der Waals surface area contributed by atoms with Crippen LogP contribution in [-0.4, -0.2) is 63.9 Å². The van der Waals surface area contributed by atoms with Crippen LogP contribution >= 0.6 is 34.8 Å². The van der Waals surface area contributed by atoms with E-state index in [9.17, 15) is 19.2 Å². The Morgan fingerprint density at radius 3 is 2.35 bits per heavy atom. The summed E-state index contributed by atoms with van der Waals surface area (Å²) in [5, 5.41) is 3.85. The Morgan fingerprint density at radius 1 is 1.21 bits per heavy atom. The van der Waals surface area contributed by atoms with Crippen molar-refractivity contribution in [1.29, 1.82) is 0 Å². The number of rotatable bonds is 10. The molecule has 0 radical (unpaired) electrons. The maximum Gasteiger partial charge on any atom is 0.325 e. The molecule has 3 atom stereocenters. The summed E-state index contributed by atoms with van der Waals surface area (Å²) in [5.74, 6) is -2.57. The number of hydrogen-bond donors (Lipinski definition) is 2. The zero-order valence-corrected chi connectivity index (χ0v) is 22.4. The molecule has 0 aromatic rings. The molecule has 0 aliphatic carbocycles. The first-order valence-electron chi connectivity index (χ1n) is 11.0. The van der Waals surface area contributed by atoms with Crippen LogP contribution in [0.2, 0.25) is 0 Å². The van der Waals surface area contributed by atoms with Crippen LogP contribution in [-0.2, 0) is 28.7 Å². The van der Waals surface area contributed by atoms with E-state index in [-0.39, 0.29) is 5.92 Å². The van der Waals surface area contributed by atoms with E-state index in [0.29, 0.717) is 25.8 Å². The molecular formula is C22H34Cl3N3O6. The van der Waals surface area contributed by atoms with Crippen LogP contribution in [0.3, 0.4) is 0 Å². The Morgan fingerprint density at radius 2 is 1.82 bits per heavy atom. The Bertz CT molecular complexity index is 769. The molecule has 0 bridgehead atoms. The van der Waals surface area contributed by atoms with Gasteiger partial charge in [-0.1, -0.05) is 54.7 Å². The highest BCUT2D eigenvalue weighted by molar-refractivity contribution is 6.67. The molecule has 1 aliphatic heterocycles. The van der Waals surface area contributed by atoms with Gasteiger partial charge in [-0.25, -0.2) is 5.43 Å². The topological polar surface area (TPSA) is 114 Å². The van der Waals surface area contributed by atoms with Crippen molar-refractivity contribution in [1.82, 2.24) is 15.8 Å². The van der Waals surface area contributed by atoms with Crippen molar-refractivity contribution in [3.63, 3.8) is 0 Å². The maximum atomic E-state index is 12.9. The average Bonchev–Trinajstić information content (AvgIpc) is 2.74. The lowest BCUT2D eigenvalue weighted by Crippen LogP contribution is -2.60. The Hall–Kier alpha value is -1.55. The lowest BCUT2D eigenvalue weighted by atomic mass is 9.89. The molecule has 12 heteroatoms. The summed E-state index contributed by atoms with van der Waals surface area (Å²) in [6.07, 6.45) is 1.87. The minimum absolute atomic E-state index is 0.323. The van der Waals surface area contributed by atoms with Crippen molar-refractivity contribution >= 4 is 58.6 Å². The van der Waals surface area contributed by atoms with E-state index in [2.05, 4.69) is 17.3 Å². The van der Waals surface area contributed by atoms with Gasteiger partial charge in [0.05, 0.1) is 5.41 Å². The van der Waals surface area contributed by atoms with E-state index < -0.39 is 57.8 Å². The van der Waals surface area contributed by atoms with E-state index in [1.54, 1.807) is 33.8 Å². The highest BCUT2D eigenvalue weighted by atomic mass is 35.6. The number of carbonyl (C=O) groups excluding carboxylic acids is 4. The van der Waals surface area contributed by atoms with E-state index in [1.165, 1.54) is 11.9 Å². The smallest absolute Gasteiger partial charge is 0.325 e. The summed E-state index contributed by atoms with van der Waals surface area (Å²) in [5.41, 5.74) is 1.96. The fourth-order valence-corrected chi connectivity index (χ4v) is 3.33. The molecule has 0 spiro atoms. The number of carbonyl (C=O) groups is 4. The van der Waals surface area contributed by atoms with Gasteiger partial charge in [-0.2, -0.15) is 0 Å². The second-order valence-corrected chi connectivity index (χ2v) is 11.7. The van der Waals surface area contributed by atoms with Crippen molar-refractivity contribution in [2.45, 2.75) is 75.9 Å². The molecule has 2 amide bonds. The second kappa shape index (κ2) is 13.0. The molecule has 1 saturated heterocycles. The molecule has 0 aromatic carbocycles. The van der Waals surface area contributed by atoms with Gasteiger partial charge in [0.25, 0.3) is 11.8 Å². The summed E-state index contributed by atoms with van der Waals surface area (Å²) in [6, 6.07) is -1.75. The first-order valence-corrected chi connectivity index (χ1v) is 12.2. The van der Waals surface area contributed by atoms with Gasteiger partial charge in [-0.05, 0) is 46.0 Å². The molecule has 194 valence electrons. The minimum Gasteiger partial charge on any atom is -0.460 e. The minimum atomic E-state index is -1.74. The highest BCUT2D eigenvalue weighted by Crippen LogP contribution is 2.26. The lowest BCUT2D eigenvalue weighted by molar-refractivity contribution is -0.167. The summed E-state index contributed by atoms with van der Waals surface area (Å²) in [6.45, 7) is 11.9. The summed E-state index contributed by atoms with van der Waals surface area (Å²) in [4.78, 5) is 50.5. The van der Waals surface area contributed by atoms with E-state index in [1.807, 2.05) is 0 Å². The molecule has 2 N–H and O–H groups in total. The van der Waals surface area contributed by atoms with Crippen LogP contribution < -0.4 is 10.7 Å². The first kappa shape index (κ1) is 30.5. The predicted molar refractivity (Wildman–Crippen MR) is 130 cm³/mol. The third kappa shape index (κ3) is 9.60. The Balaban J connectivity index is 2.75. The molecule has 0 saturated carbocycles. The van der Waals surface area contributed by atoms with Crippen LogP contribution in [0.25, 0.3) is 0 Å². The number of hydrazine groups is 1. The molecule has 1 fully saturated rings. The zero-order valence-electron chi connectivity index (χ0n) is 20.2. The van der Waals surface area contributed by atoms with Gasteiger partial charge in [0.1, 0.15) is 18.7 Å². The number of alkyl halides is 3. The second-order valence-electron chi connectivity index (χ2n) is 9.21. The number of amides is 2. The van der Waals surface area contributed by atoms with Crippen LogP contribution in [0.15, 0.2) is 12.7 Å². The van der Waals surface area contributed by atoms with Crippen molar-refractivity contribution in [2.24, 2.45) is 11.3 Å². The molecular weight excluding hydrogens is 509 g/mol. The van der Waals surface area contributed by atoms with Crippen LogP contribution in [0, 0.1) is 11.3 Å². The van der Waals surface area contributed by atoms with Crippen molar-refractivity contribution in [3.8, 4) is 0 Å². The van der Waals surface area contributed by atoms with Crippen molar-refractivity contribution in [3.05, 3.63) is 12.7 Å². The SMILES string of the molecule is C=CCC(C)(C)C(=O)OC(C(=O)NC(C)C(=O)N1CCCC(C(=O)OCC(Cl)(Cl)Cl)N1)C(C)C. The summed E-state index contributed by atoms with van der Waals surface area (Å²) in [7, 11) is 0. The zero-order chi connectivity index (χ0) is 26.3. The average molecular weight is 543 g/mol. The van der Waals surface area contributed by atoms with E-state index in [4.69, 9.17) is 44.3 Å². The fourth-order valence-electron chi connectivity index (χ4n) is 3.17. The number of nitrogens with zero attached hydrogens (tertiary/aromatic N) is 1. The molecule has 9 nitrogen and oxygen atoms in total. The van der Waals surface area contributed by atoms with Crippen LogP contribution in [0.4, 0.5) is 0 Å². The third-order valence-corrected chi connectivity index (χ3v) is 5.48. The number of allylic oxidation sites excluding steroid dienone is 1. The van der Waals surface area contributed by atoms with Gasteiger partial charge in [-0.3, -0.25) is 24.2 Å². The third-order valence-electron chi connectivity index (χ3n) is 5.15. The number of nitrogens with one attached hydrogen (secondary N) is 2. The van der Waals surface area contributed by atoms with Crippen molar-refractivity contribution < 1.29 is 28.7 Å². The lowest BCUT2D eigenvalue weighted by Gasteiger charge is -2.34. The van der Waals surface area contributed by atoms with Crippen LogP contribution in [0.1, 0.15) is 53.9 Å². The largest absolute Gasteiger partial charge is 0.460 e. The Kier molecular flexibility index (Phi) is 11.6. The predicted octanol–water partition coefficient (Wildman–Crippen LogP) is 3.07. The highest BCUT2D eigenvalue weighted by Gasteiger charge is 2.37. The van der Waals surface area contributed by atoms with Gasteiger partial charge in [0.15, 0.2) is 6.10 Å². The molecule has 3 unspecified atom stereocenters. The van der Waals surface area contributed by atoms with Gasteiger partial charge in [-0.15, -0.1) is 6.58 Å². The standard InChI is InChI=1S/C22H34Cl3N3O6/c1-7-10-21(5,6)20(32)34-16(13(2)3)17(29)26-14(4)18(30)28-11-8-9-15(27-28)19(31)33-12-22(23,24)25/h7,13-16,27H,1,8-12H2,2-6H3,(H,26,29). The molecule has 1 rings (SSSR count). The summed E-state index contributed by atoms with van der Waals surface area (Å²) >= 11 is 16.8. The van der Waals surface area contributed by atoms with Crippen molar-refractivity contribution in [2.75, 3.05) is 13.2 Å². The van der Waals surface area contributed by atoms with Gasteiger partial charge >= 0.3 is 11.9 Å². The molecule has 0 aromatic heterocycles. The Labute approximate surface area is 215 Å². The number of esters is 2. The normalized spacial score (nSPS) is 18.6. The fraction of sp³-hybridized carbons (Fsp3) is 0.727.